The van der Waals surface area contributed by atoms with Crippen LogP contribution in [0.4, 0.5) is 0 Å². The van der Waals surface area contributed by atoms with E-state index in [0.717, 1.165) is 0 Å². The molecule has 0 bridgehead atoms. The Bertz CT molecular complexity index is 523. The van der Waals surface area contributed by atoms with Crippen LogP contribution in [0.3, 0.4) is 0 Å². The Kier molecular flexibility index (Phi) is 17.7. The van der Waals surface area contributed by atoms with Gasteiger partial charge in [-0.3, -0.25) is 4.90 Å². The maximum absolute atomic E-state index is 11.1. The number of carbonyl (C=O) groups excluding carboxylic acids is 3. The van der Waals surface area contributed by atoms with E-state index >= 15 is 0 Å². The third kappa shape index (κ3) is 11.1. The monoisotopic (exact) mass is 363 g/mol. The third-order valence-electron chi connectivity index (χ3n) is 2.74. The first-order chi connectivity index (χ1) is 9.79. The number of carbonyl (C=O) groups is 3. The Labute approximate surface area is 205 Å². The summed E-state index contributed by atoms with van der Waals surface area (Å²) in [5.74, 6) is -4.88. The first-order valence-corrected chi connectivity index (χ1v) is 5.92. The van der Waals surface area contributed by atoms with Gasteiger partial charge in [0.25, 0.3) is 0 Å². The summed E-state index contributed by atoms with van der Waals surface area (Å²) in [6.45, 7) is -1.77. The van der Waals surface area contributed by atoms with Crippen molar-refractivity contribution in [2.75, 3.05) is 13.1 Å². The molecule has 0 unspecified atom stereocenters. The number of aliphatic carboxylic acids is 3. The molecule has 0 heterocycles. The van der Waals surface area contributed by atoms with Gasteiger partial charge in [-0.15, -0.1) is 0 Å². The molecular weight excluding hydrogens is 351 g/mol. The zero-order valence-corrected chi connectivity index (χ0v) is 19.9. The van der Waals surface area contributed by atoms with Gasteiger partial charge in [0.2, 0.25) is 0 Å². The van der Waals surface area contributed by atoms with Gasteiger partial charge in [0, 0.05) is 13.1 Å². The number of carboxylic acids is 3. The van der Waals surface area contributed by atoms with Gasteiger partial charge in [-0.1, -0.05) is 12.1 Å². The Morgan fingerprint density at radius 1 is 0.917 bits per heavy atom. The van der Waals surface area contributed by atoms with Crippen LogP contribution in [0.25, 0.3) is 0 Å². The largest absolute Gasteiger partial charge is 1.00 e. The fraction of sp³-hybridized carbons (Fsp3) is 0.308. The van der Waals surface area contributed by atoms with Gasteiger partial charge >= 0.3 is 88.7 Å². The summed E-state index contributed by atoms with van der Waals surface area (Å²) in [6.07, 6.45) is -0.191. The van der Waals surface area contributed by atoms with E-state index in [0.29, 0.717) is 10.5 Å². The molecule has 1 N–H and O–H groups in total. The van der Waals surface area contributed by atoms with Gasteiger partial charge in [0.15, 0.2) is 0 Å². The molecule has 0 saturated heterocycles. The van der Waals surface area contributed by atoms with Crippen LogP contribution in [-0.4, -0.2) is 47.0 Å². The van der Waals surface area contributed by atoms with Crippen LogP contribution in [0.5, 0.6) is 5.75 Å². The average Bonchev–Trinajstić information content (AvgIpc) is 2.35. The molecule has 0 saturated carbocycles. The summed E-state index contributed by atoms with van der Waals surface area (Å²) in [5, 5.41) is 41.5. The quantitative estimate of drug-likeness (QED) is 0.449. The zero-order chi connectivity index (χ0) is 16.0. The normalized spacial score (nSPS) is 10.5. The molecule has 0 aliphatic rings. The SMILES string of the molecule is O=C([O-])CN(CC(=O)[O-])[C@@H](Cc1ccc(O)cc1)C(=O)[O-].[Na+].[Na+].[Na+]. The molecule has 114 valence electrons. The summed E-state index contributed by atoms with van der Waals surface area (Å²) in [4.78, 5) is 33.0. The average molecular weight is 363 g/mol. The molecule has 0 spiro atoms. The van der Waals surface area contributed by atoms with Gasteiger partial charge in [-0.05, 0) is 24.1 Å². The van der Waals surface area contributed by atoms with Crippen LogP contribution in [0.2, 0.25) is 0 Å². The summed E-state index contributed by atoms with van der Waals surface area (Å²) in [6, 6.07) is 4.03. The number of rotatable bonds is 8. The minimum Gasteiger partial charge on any atom is -0.549 e. The molecule has 0 radical (unpaired) electrons. The molecule has 1 aromatic carbocycles. The van der Waals surface area contributed by atoms with Crippen LogP contribution in [0.15, 0.2) is 24.3 Å². The number of carboxylic acid groups (broad SMARTS) is 3. The third-order valence-corrected chi connectivity index (χ3v) is 2.74. The molecule has 0 fully saturated rings. The van der Waals surface area contributed by atoms with E-state index in [-0.39, 0.29) is 101 Å². The second-order valence-corrected chi connectivity index (χ2v) is 4.35. The van der Waals surface area contributed by atoms with Crippen LogP contribution in [0, 0.1) is 0 Å². The second kappa shape index (κ2) is 14.5. The first kappa shape index (κ1) is 29.2. The maximum atomic E-state index is 11.1. The summed E-state index contributed by atoms with van der Waals surface area (Å²) < 4.78 is 0. The van der Waals surface area contributed by atoms with Gasteiger partial charge in [-0.25, -0.2) is 0 Å². The Morgan fingerprint density at radius 3 is 1.67 bits per heavy atom. The smallest absolute Gasteiger partial charge is 0.549 e. The number of aromatic hydroxyl groups is 1. The van der Waals surface area contributed by atoms with E-state index < -0.39 is 37.0 Å². The molecule has 8 nitrogen and oxygen atoms in total. The fourth-order valence-electron chi connectivity index (χ4n) is 1.82. The fourth-order valence-corrected chi connectivity index (χ4v) is 1.82. The molecule has 1 aromatic rings. The van der Waals surface area contributed by atoms with Crippen molar-refractivity contribution in [2.45, 2.75) is 12.5 Å². The molecule has 0 aromatic heterocycles. The van der Waals surface area contributed by atoms with E-state index in [2.05, 4.69) is 0 Å². The second-order valence-electron chi connectivity index (χ2n) is 4.35. The van der Waals surface area contributed by atoms with E-state index in [9.17, 15) is 29.7 Å². The Morgan fingerprint density at radius 2 is 1.33 bits per heavy atom. The van der Waals surface area contributed by atoms with E-state index in [1.807, 2.05) is 0 Å². The number of hydrogen-bond acceptors (Lipinski definition) is 8. The molecule has 0 aliphatic carbocycles. The van der Waals surface area contributed by atoms with Crippen molar-refractivity contribution < 1.29 is 123 Å². The number of benzene rings is 1. The predicted octanol–water partition coefficient (Wildman–Crippen LogP) is -13.1. The zero-order valence-electron chi connectivity index (χ0n) is 13.9. The Balaban J connectivity index is -0.00000147. The molecule has 1 rings (SSSR count). The minimum absolute atomic E-state index is 0. The topological polar surface area (TPSA) is 144 Å². The van der Waals surface area contributed by atoms with Gasteiger partial charge in [0.05, 0.1) is 23.9 Å². The van der Waals surface area contributed by atoms with E-state index in [1.165, 1.54) is 24.3 Å². The summed E-state index contributed by atoms with van der Waals surface area (Å²) in [7, 11) is 0. The van der Waals surface area contributed by atoms with Crippen molar-refractivity contribution >= 4 is 17.9 Å². The van der Waals surface area contributed by atoms with Crippen molar-refractivity contribution in [1.82, 2.24) is 4.90 Å². The molecule has 1 atom stereocenters. The number of phenolic OH excluding ortho intramolecular Hbond substituents is 1. The van der Waals surface area contributed by atoms with Crippen LogP contribution in [0.1, 0.15) is 5.56 Å². The van der Waals surface area contributed by atoms with Gasteiger partial charge in [-0.2, -0.15) is 0 Å². The molecule has 0 aliphatic heterocycles. The number of hydrogen-bond donors (Lipinski definition) is 1. The van der Waals surface area contributed by atoms with E-state index in [4.69, 9.17) is 5.11 Å². The van der Waals surface area contributed by atoms with Crippen LogP contribution in [-0.2, 0) is 20.8 Å². The maximum Gasteiger partial charge on any atom is 1.00 e. The van der Waals surface area contributed by atoms with Gasteiger partial charge in [0.1, 0.15) is 5.75 Å². The van der Waals surface area contributed by atoms with Gasteiger partial charge < -0.3 is 34.8 Å². The number of phenols is 1. The molecule has 24 heavy (non-hydrogen) atoms. The van der Waals surface area contributed by atoms with E-state index in [1.54, 1.807) is 0 Å². The van der Waals surface area contributed by atoms with Crippen molar-refractivity contribution in [3.8, 4) is 5.75 Å². The summed E-state index contributed by atoms with van der Waals surface area (Å²) >= 11 is 0. The predicted molar refractivity (Wildman–Crippen MR) is 62.2 cm³/mol. The standard InChI is InChI=1S/C13H15NO7.3Na/c15-9-3-1-8(2-4-9)5-10(13(20)21)14(6-11(16)17)7-12(18)19;;;/h1-4,10,15H,5-7H2,(H,16,17)(H,18,19)(H,20,21);;;/q;3*+1/p-3/t10-;;;/m0.../s1. The van der Waals surface area contributed by atoms with Crippen molar-refractivity contribution in [3.05, 3.63) is 29.8 Å². The van der Waals surface area contributed by atoms with Crippen molar-refractivity contribution in [1.29, 1.82) is 0 Å². The van der Waals surface area contributed by atoms with Crippen LogP contribution >= 0.6 is 0 Å². The van der Waals surface area contributed by atoms with Crippen LogP contribution < -0.4 is 104 Å². The molecule has 0 amide bonds. The van der Waals surface area contributed by atoms with Crippen molar-refractivity contribution in [2.24, 2.45) is 0 Å². The summed E-state index contributed by atoms with van der Waals surface area (Å²) in [5.41, 5.74) is 0.462. The Hall–Kier alpha value is 0.390. The molecular formula is C13H12NNa3O7. The van der Waals surface area contributed by atoms with Crippen molar-refractivity contribution in [3.63, 3.8) is 0 Å². The first-order valence-electron chi connectivity index (χ1n) is 5.92. The molecule has 11 heteroatoms. The minimum atomic E-state index is -1.62. The number of nitrogens with zero attached hydrogens (tertiary/aromatic N) is 1.